The van der Waals surface area contributed by atoms with Crippen LogP contribution in [0.2, 0.25) is 0 Å². The monoisotopic (exact) mass is 400 g/mol. The summed E-state index contributed by atoms with van der Waals surface area (Å²) in [5, 5.41) is 5.27. The van der Waals surface area contributed by atoms with Gasteiger partial charge in [-0.3, -0.25) is 9.59 Å². The van der Waals surface area contributed by atoms with Crippen molar-refractivity contribution in [2.24, 2.45) is 0 Å². The zero-order chi connectivity index (χ0) is 21.1. The minimum Gasteiger partial charge on any atom is -0.324 e. The van der Waals surface area contributed by atoms with Crippen LogP contribution in [-0.4, -0.2) is 33.9 Å². The van der Waals surface area contributed by atoms with Gasteiger partial charge in [-0.1, -0.05) is 36.4 Å². The van der Waals surface area contributed by atoms with Gasteiger partial charge in [-0.2, -0.15) is 0 Å². The van der Waals surface area contributed by atoms with E-state index in [1.165, 1.54) is 0 Å². The number of para-hydroxylation sites is 2. The summed E-state index contributed by atoms with van der Waals surface area (Å²) in [5.74, 6) is -0.975. The molecular weight excluding hydrogens is 380 g/mol. The summed E-state index contributed by atoms with van der Waals surface area (Å²) in [6.45, 7) is 1.51. The van der Waals surface area contributed by atoms with E-state index >= 15 is 0 Å². The van der Waals surface area contributed by atoms with Crippen molar-refractivity contribution in [2.75, 3.05) is 11.9 Å². The Kier molecular flexibility index (Phi) is 5.17. The minimum atomic E-state index is -0.617. The largest absolute Gasteiger partial charge is 0.329 e. The highest BCUT2D eigenvalue weighted by molar-refractivity contribution is 6.15. The van der Waals surface area contributed by atoms with Crippen LogP contribution in [0.3, 0.4) is 0 Å². The lowest BCUT2D eigenvalue weighted by atomic mass is 10.2. The Bertz CT molecular complexity index is 1150. The molecule has 0 bridgehead atoms. The first-order chi connectivity index (χ1) is 14.5. The van der Waals surface area contributed by atoms with Gasteiger partial charge in [0.1, 0.15) is 12.2 Å². The van der Waals surface area contributed by atoms with Crippen molar-refractivity contribution in [3.63, 3.8) is 0 Å². The second-order valence-corrected chi connectivity index (χ2v) is 6.93. The lowest BCUT2D eigenvalue weighted by molar-refractivity contribution is -0.127. The third-order valence-corrected chi connectivity index (χ3v) is 4.76. The molecule has 0 atom stereocenters. The van der Waals surface area contributed by atoms with E-state index in [1.807, 2.05) is 72.4 Å². The summed E-state index contributed by atoms with van der Waals surface area (Å²) in [7, 11) is 0. The third-order valence-electron chi connectivity index (χ3n) is 4.76. The molecule has 2 aromatic carbocycles. The molecule has 150 valence electrons. The van der Waals surface area contributed by atoms with Crippen LogP contribution in [0.5, 0.6) is 0 Å². The molecule has 0 saturated carbocycles. The lowest BCUT2D eigenvalue weighted by Crippen LogP contribution is -2.38. The number of nitrogens with zero attached hydrogens (tertiary/aromatic N) is 2. The van der Waals surface area contributed by atoms with Gasteiger partial charge in [0.15, 0.2) is 0 Å². The molecule has 7 nitrogen and oxygen atoms in total. The second-order valence-electron chi connectivity index (χ2n) is 6.93. The molecule has 30 heavy (non-hydrogen) atoms. The van der Waals surface area contributed by atoms with E-state index < -0.39 is 17.8 Å². The highest BCUT2D eigenvalue weighted by atomic mass is 16.2. The average Bonchev–Trinajstić information content (AvgIpc) is 3.31. The Balaban J connectivity index is 1.45. The molecule has 0 aliphatic carbocycles. The van der Waals surface area contributed by atoms with Gasteiger partial charge in [-0.25, -0.2) is 9.69 Å². The van der Waals surface area contributed by atoms with Crippen molar-refractivity contribution in [3.05, 3.63) is 89.9 Å². The molecule has 4 amide bonds. The van der Waals surface area contributed by atoms with Gasteiger partial charge in [0, 0.05) is 23.8 Å². The zero-order valence-corrected chi connectivity index (χ0v) is 16.3. The summed E-state index contributed by atoms with van der Waals surface area (Å²) in [4.78, 5) is 38.1. The number of hydrogen-bond donors (Lipinski definition) is 2. The molecule has 1 saturated heterocycles. The molecule has 1 aliphatic rings. The van der Waals surface area contributed by atoms with Crippen molar-refractivity contribution in [1.29, 1.82) is 0 Å². The maximum Gasteiger partial charge on any atom is 0.329 e. The number of aryl methyl sites for hydroxylation is 1. The molecule has 1 fully saturated rings. The Morgan fingerprint density at radius 3 is 2.53 bits per heavy atom. The number of anilines is 1. The standard InChI is InChI=1S/C23H20N4O3/c1-16-7-5-6-10-19(16)24-21(28)15-27-22(29)20(25-23(27)30)13-17-11-12-26(14-17)18-8-3-2-4-9-18/h2-14H,15H2,1H3,(H,24,28)(H,25,30)/b20-13+. The molecule has 1 aliphatic heterocycles. The van der Waals surface area contributed by atoms with Crippen molar-refractivity contribution >= 4 is 29.6 Å². The number of benzene rings is 2. The average molecular weight is 400 g/mol. The summed E-state index contributed by atoms with van der Waals surface area (Å²) >= 11 is 0. The molecule has 3 aromatic rings. The number of rotatable bonds is 5. The van der Waals surface area contributed by atoms with Gasteiger partial charge in [0.25, 0.3) is 5.91 Å². The number of carbonyl (C=O) groups excluding carboxylic acids is 3. The topological polar surface area (TPSA) is 83.4 Å². The predicted molar refractivity (Wildman–Crippen MR) is 114 cm³/mol. The molecule has 4 rings (SSSR count). The molecule has 0 radical (unpaired) electrons. The summed E-state index contributed by atoms with van der Waals surface area (Å²) in [6.07, 6.45) is 5.32. The van der Waals surface area contributed by atoms with Gasteiger partial charge in [0.05, 0.1) is 0 Å². The normalized spacial score (nSPS) is 14.8. The van der Waals surface area contributed by atoms with Crippen LogP contribution in [0.25, 0.3) is 11.8 Å². The van der Waals surface area contributed by atoms with Gasteiger partial charge in [-0.15, -0.1) is 0 Å². The minimum absolute atomic E-state index is 0.134. The van der Waals surface area contributed by atoms with Crippen LogP contribution in [0.4, 0.5) is 10.5 Å². The Morgan fingerprint density at radius 1 is 1.03 bits per heavy atom. The maximum absolute atomic E-state index is 12.6. The second kappa shape index (κ2) is 8.08. The Morgan fingerprint density at radius 2 is 1.77 bits per heavy atom. The van der Waals surface area contributed by atoms with Crippen molar-refractivity contribution in [3.8, 4) is 5.69 Å². The fraction of sp³-hybridized carbons (Fsp3) is 0.0870. The number of hydrogen-bond acceptors (Lipinski definition) is 3. The number of carbonyl (C=O) groups is 3. The summed E-state index contributed by atoms with van der Waals surface area (Å²) < 4.78 is 1.92. The summed E-state index contributed by atoms with van der Waals surface area (Å²) in [5.41, 5.74) is 3.42. The molecule has 0 spiro atoms. The van der Waals surface area contributed by atoms with E-state index in [0.717, 1.165) is 21.7 Å². The van der Waals surface area contributed by atoms with Crippen LogP contribution in [0, 0.1) is 6.92 Å². The van der Waals surface area contributed by atoms with Crippen LogP contribution < -0.4 is 10.6 Å². The fourth-order valence-corrected chi connectivity index (χ4v) is 3.19. The van der Waals surface area contributed by atoms with E-state index in [9.17, 15) is 14.4 Å². The molecule has 1 aromatic heterocycles. The van der Waals surface area contributed by atoms with Crippen molar-refractivity contribution in [2.45, 2.75) is 6.92 Å². The van der Waals surface area contributed by atoms with Gasteiger partial charge in [-0.05, 0) is 48.4 Å². The van der Waals surface area contributed by atoms with Crippen molar-refractivity contribution in [1.82, 2.24) is 14.8 Å². The van der Waals surface area contributed by atoms with E-state index in [4.69, 9.17) is 0 Å². The van der Waals surface area contributed by atoms with Crippen molar-refractivity contribution < 1.29 is 14.4 Å². The van der Waals surface area contributed by atoms with Gasteiger partial charge < -0.3 is 15.2 Å². The quantitative estimate of drug-likeness (QED) is 0.509. The zero-order valence-electron chi connectivity index (χ0n) is 16.3. The molecule has 2 N–H and O–H groups in total. The van der Waals surface area contributed by atoms with Crippen LogP contribution in [0.1, 0.15) is 11.1 Å². The molecule has 2 heterocycles. The fourth-order valence-electron chi connectivity index (χ4n) is 3.19. The smallest absolute Gasteiger partial charge is 0.324 e. The summed E-state index contributed by atoms with van der Waals surface area (Å²) in [6, 6.07) is 18.3. The first-order valence-corrected chi connectivity index (χ1v) is 9.45. The number of amides is 4. The molecular formula is C23H20N4O3. The predicted octanol–water partition coefficient (Wildman–Crippen LogP) is 3.32. The van der Waals surface area contributed by atoms with E-state index in [1.54, 1.807) is 18.2 Å². The third kappa shape index (κ3) is 4.00. The number of nitrogens with one attached hydrogen (secondary N) is 2. The highest BCUT2D eigenvalue weighted by Crippen LogP contribution is 2.17. The van der Waals surface area contributed by atoms with Crippen LogP contribution in [-0.2, 0) is 9.59 Å². The Labute approximate surface area is 173 Å². The van der Waals surface area contributed by atoms with E-state index in [-0.39, 0.29) is 12.2 Å². The maximum atomic E-state index is 12.6. The van der Waals surface area contributed by atoms with E-state index in [2.05, 4.69) is 10.6 Å². The Hall–Kier alpha value is -4.13. The highest BCUT2D eigenvalue weighted by Gasteiger charge is 2.35. The van der Waals surface area contributed by atoms with Crippen LogP contribution in [0.15, 0.2) is 78.8 Å². The lowest BCUT2D eigenvalue weighted by Gasteiger charge is -2.13. The molecule has 0 unspecified atom stereocenters. The van der Waals surface area contributed by atoms with Gasteiger partial charge >= 0.3 is 6.03 Å². The van der Waals surface area contributed by atoms with Crippen LogP contribution >= 0.6 is 0 Å². The first kappa shape index (κ1) is 19.2. The number of imide groups is 1. The van der Waals surface area contributed by atoms with Gasteiger partial charge in [0.2, 0.25) is 5.91 Å². The first-order valence-electron chi connectivity index (χ1n) is 9.45. The SMILES string of the molecule is Cc1ccccc1NC(=O)CN1C(=O)N/C(=C/c2ccn(-c3ccccc3)c2)C1=O. The number of urea groups is 1. The number of aromatic nitrogens is 1. The van der Waals surface area contributed by atoms with E-state index in [0.29, 0.717) is 5.69 Å². The molecule has 7 heteroatoms.